The predicted molar refractivity (Wildman–Crippen MR) is 45.9 cm³/mol. The lowest BCUT2D eigenvalue weighted by molar-refractivity contribution is -0.129. The Morgan fingerprint density at radius 3 is 3.00 bits per heavy atom. The van der Waals surface area contributed by atoms with Gasteiger partial charge in [0.25, 0.3) is 0 Å². The van der Waals surface area contributed by atoms with Gasteiger partial charge in [-0.25, -0.2) is 0 Å². The summed E-state index contributed by atoms with van der Waals surface area (Å²) in [4.78, 5) is 12.9. The number of nitrogens with one attached hydrogen (secondary N) is 1. The molecule has 0 spiro atoms. The molecule has 12 heavy (non-hydrogen) atoms. The number of nitrogens with zero attached hydrogens (tertiary/aromatic N) is 1. The molecule has 70 valence electrons. The minimum atomic E-state index is 0.126. The van der Waals surface area contributed by atoms with Crippen molar-refractivity contribution in [1.82, 2.24) is 10.2 Å². The Bertz CT molecular complexity index is 161. The predicted octanol–water partition coefficient (Wildman–Crippen LogP) is -0.547. The Morgan fingerprint density at radius 2 is 2.42 bits per heavy atom. The molecule has 4 nitrogen and oxygen atoms in total. The summed E-state index contributed by atoms with van der Waals surface area (Å²) in [5.41, 5.74) is 0. The third-order valence-corrected chi connectivity index (χ3v) is 2.12. The van der Waals surface area contributed by atoms with E-state index in [1.807, 2.05) is 11.9 Å². The quantitative estimate of drug-likeness (QED) is 0.577. The van der Waals surface area contributed by atoms with E-state index in [0.717, 1.165) is 6.54 Å². The van der Waals surface area contributed by atoms with Crippen LogP contribution in [0.1, 0.15) is 6.92 Å². The number of rotatable bonds is 1. The van der Waals surface area contributed by atoms with E-state index in [0.29, 0.717) is 19.8 Å². The smallest absolute Gasteiger partial charge is 0.219 e. The number of amides is 1. The first-order valence-corrected chi connectivity index (χ1v) is 4.24. The van der Waals surface area contributed by atoms with Crippen LogP contribution in [0.15, 0.2) is 0 Å². The van der Waals surface area contributed by atoms with Crippen LogP contribution in [0, 0.1) is 0 Å². The van der Waals surface area contributed by atoms with Gasteiger partial charge >= 0.3 is 0 Å². The molecular weight excluding hydrogens is 156 g/mol. The average molecular weight is 172 g/mol. The zero-order chi connectivity index (χ0) is 8.97. The maximum absolute atomic E-state index is 11.1. The summed E-state index contributed by atoms with van der Waals surface area (Å²) in [7, 11) is 1.89. The van der Waals surface area contributed by atoms with Crippen LogP contribution in [0.5, 0.6) is 0 Å². The summed E-state index contributed by atoms with van der Waals surface area (Å²) in [6.45, 7) is 4.41. The second kappa shape index (κ2) is 4.42. The molecule has 1 aliphatic heterocycles. The minimum Gasteiger partial charge on any atom is -0.378 e. The highest BCUT2D eigenvalue weighted by Gasteiger charge is 2.18. The van der Waals surface area contributed by atoms with Crippen LogP contribution < -0.4 is 5.32 Å². The molecule has 1 N–H and O–H groups in total. The standard InChI is InChI=1S/C8H16N2O2/c1-7(11)10-3-4-12-6-8(5-10)9-2/h8-9H,3-6H2,1-2H3. The first-order chi connectivity index (χ1) is 5.74. The molecule has 1 aliphatic rings. The Balaban J connectivity index is 2.47. The van der Waals surface area contributed by atoms with E-state index < -0.39 is 0 Å². The van der Waals surface area contributed by atoms with Crippen molar-refractivity contribution >= 4 is 5.91 Å². The highest BCUT2D eigenvalue weighted by atomic mass is 16.5. The molecule has 1 atom stereocenters. The van der Waals surface area contributed by atoms with Gasteiger partial charge in [0, 0.05) is 26.1 Å². The highest BCUT2D eigenvalue weighted by Crippen LogP contribution is 1.99. The molecule has 1 amide bonds. The van der Waals surface area contributed by atoms with E-state index in [2.05, 4.69) is 5.32 Å². The number of hydrogen-bond acceptors (Lipinski definition) is 3. The Hall–Kier alpha value is -0.610. The number of likely N-dealkylation sites (N-methyl/N-ethyl adjacent to an activating group) is 1. The SMILES string of the molecule is CNC1COCCN(C(C)=O)C1. The largest absolute Gasteiger partial charge is 0.378 e. The van der Waals surface area contributed by atoms with Crippen LogP contribution in [-0.2, 0) is 9.53 Å². The molecule has 4 heteroatoms. The fourth-order valence-electron chi connectivity index (χ4n) is 1.27. The summed E-state index contributed by atoms with van der Waals surface area (Å²) < 4.78 is 5.32. The van der Waals surface area contributed by atoms with Crippen molar-refractivity contribution in [1.29, 1.82) is 0 Å². The molecule has 1 unspecified atom stereocenters. The zero-order valence-electron chi connectivity index (χ0n) is 7.67. The van der Waals surface area contributed by atoms with Gasteiger partial charge in [0.05, 0.1) is 13.2 Å². The van der Waals surface area contributed by atoms with E-state index in [4.69, 9.17) is 4.74 Å². The van der Waals surface area contributed by atoms with Gasteiger partial charge in [-0.3, -0.25) is 4.79 Å². The van der Waals surface area contributed by atoms with Gasteiger partial charge in [0.1, 0.15) is 0 Å². The molecule has 1 saturated heterocycles. The third-order valence-electron chi connectivity index (χ3n) is 2.12. The molecule has 0 saturated carbocycles. The van der Waals surface area contributed by atoms with E-state index in [9.17, 15) is 4.79 Å². The van der Waals surface area contributed by atoms with E-state index in [-0.39, 0.29) is 11.9 Å². The van der Waals surface area contributed by atoms with Gasteiger partial charge < -0.3 is 15.0 Å². The van der Waals surface area contributed by atoms with Gasteiger partial charge in [-0.1, -0.05) is 0 Å². The second-order valence-corrected chi connectivity index (χ2v) is 3.03. The number of hydrogen-bond donors (Lipinski definition) is 1. The van der Waals surface area contributed by atoms with Crippen molar-refractivity contribution in [2.45, 2.75) is 13.0 Å². The fraction of sp³-hybridized carbons (Fsp3) is 0.875. The molecular formula is C8H16N2O2. The molecule has 0 aromatic rings. The van der Waals surface area contributed by atoms with Crippen LogP contribution >= 0.6 is 0 Å². The molecule has 0 radical (unpaired) electrons. The third kappa shape index (κ3) is 2.46. The van der Waals surface area contributed by atoms with Crippen molar-refractivity contribution in [2.24, 2.45) is 0 Å². The van der Waals surface area contributed by atoms with Crippen LogP contribution in [0.4, 0.5) is 0 Å². The number of carbonyl (C=O) groups is 1. The van der Waals surface area contributed by atoms with Crippen LogP contribution in [-0.4, -0.2) is 50.2 Å². The summed E-state index contributed by atoms with van der Waals surface area (Å²) in [5, 5.41) is 3.11. The monoisotopic (exact) mass is 172 g/mol. The summed E-state index contributed by atoms with van der Waals surface area (Å²) in [6.07, 6.45) is 0. The number of ether oxygens (including phenoxy) is 1. The minimum absolute atomic E-state index is 0.126. The Morgan fingerprint density at radius 1 is 1.67 bits per heavy atom. The van der Waals surface area contributed by atoms with E-state index >= 15 is 0 Å². The van der Waals surface area contributed by atoms with Crippen molar-refractivity contribution in [3.05, 3.63) is 0 Å². The summed E-state index contributed by atoms with van der Waals surface area (Å²) in [6, 6.07) is 0.274. The first kappa shape index (κ1) is 9.48. The fourth-order valence-corrected chi connectivity index (χ4v) is 1.27. The maximum Gasteiger partial charge on any atom is 0.219 e. The summed E-state index contributed by atoms with van der Waals surface area (Å²) in [5.74, 6) is 0.126. The van der Waals surface area contributed by atoms with Gasteiger partial charge in [-0.05, 0) is 7.05 Å². The molecule has 0 bridgehead atoms. The van der Waals surface area contributed by atoms with Crippen LogP contribution in [0.25, 0.3) is 0 Å². The first-order valence-electron chi connectivity index (χ1n) is 4.24. The second-order valence-electron chi connectivity index (χ2n) is 3.03. The lowest BCUT2D eigenvalue weighted by Crippen LogP contribution is -2.42. The van der Waals surface area contributed by atoms with E-state index in [1.165, 1.54) is 0 Å². The lowest BCUT2D eigenvalue weighted by atomic mass is 10.3. The van der Waals surface area contributed by atoms with Gasteiger partial charge in [-0.2, -0.15) is 0 Å². The molecule has 0 aliphatic carbocycles. The van der Waals surface area contributed by atoms with E-state index in [1.54, 1.807) is 6.92 Å². The lowest BCUT2D eigenvalue weighted by Gasteiger charge is -2.21. The van der Waals surface area contributed by atoms with Crippen molar-refractivity contribution in [3.8, 4) is 0 Å². The summed E-state index contributed by atoms with van der Waals surface area (Å²) >= 11 is 0. The molecule has 1 fully saturated rings. The topological polar surface area (TPSA) is 41.6 Å². The van der Waals surface area contributed by atoms with Gasteiger partial charge in [-0.15, -0.1) is 0 Å². The molecule has 0 aromatic heterocycles. The van der Waals surface area contributed by atoms with Crippen LogP contribution in [0.3, 0.4) is 0 Å². The average Bonchev–Trinajstić information content (AvgIpc) is 2.28. The Labute approximate surface area is 72.9 Å². The van der Waals surface area contributed by atoms with Crippen molar-refractivity contribution in [3.63, 3.8) is 0 Å². The molecule has 0 aromatic carbocycles. The van der Waals surface area contributed by atoms with Crippen molar-refractivity contribution < 1.29 is 9.53 Å². The van der Waals surface area contributed by atoms with Gasteiger partial charge in [0.15, 0.2) is 0 Å². The number of carbonyl (C=O) groups excluding carboxylic acids is 1. The van der Waals surface area contributed by atoms with Gasteiger partial charge in [0.2, 0.25) is 5.91 Å². The molecule has 1 heterocycles. The van der Waals surface area contributed by atoms with Crippen LogP contribution in [0.2, 0.25) is 0 Å². The zero-order valence-corrected chi connectivity index (χ0v) is 7.67. The molecule has 1 rings (SSSR count). The normalized spacial score (nSPS) is 25.2. The Kier molecular flexibility index (Phi) is 3.49. The highest BCUT2D eigenvalue weighted by molar-refractivity contribution is 5.73. The van der Waals surface area contributed by atoms with Crippen molar-refractivity contribution in [2.75, 3.05) is 33.4 Å². The maximum atomic E-state index is 11.1.